The normalized spacial score (nSPS) is 12.0. The maximum absolute atomic E-state index is 13.3. The van der Waals surface area contributed by atoms with E-state index in [1.54, 1.807) is 19.0 Å². The van der Waals surface area contributed by atoms with Crippen molar-refractivity contribution in [3.05, 3.63) is 130 Å². The smallest absolute Gasteiger partial charge is 0.253 e. The van der Waals surface area contributed by atoms with Gasteiger partial charge in [0.2, 0.25) is 0 Å². The van der Waals surface area contributed by atoms with Crippen LogP contribution in [-0.4, -0.2) is 35.4 Å². The van der Waals surface area contributed by atoms with Gasteiger partial charge in [0.15, 0.2) is 0 Å². The highest BCUT2D eigenvalue weighted by molar-refractivity contribution is 6.01. The third-order valence-corrected chi connectivity index (χ3v) is 8.50. The van der Waals surface area contributed by atoms with Crippen LogP contribution in [0.1, 0.15) is 81.4 Å². The first-order valence-electron chi connectivity index (χ1n) is 14.9. The summed E-state index contributed by atoms with van der Waals surface area (Å²) in [7, 11) is 3.55. The van der Waals surface area contributed by atoms with Crippen molar-refractivity contribution in [2.45, 2.75) is 53.1 Å². The van der Waals surface area contributed by atoms with Gasteiger partial charge in [-0.1, -0.05) is 80.6 Å². The predicted molar refractivity (Wildman–Crippen MR) is 177 cm³/mol. The van der Waals surface area contributed by atoms with Crippen LogP contribution in [-0.2, 0) is 6.54 Å². The lowest BCUT2D eigenvalue weighted by atomic mass is 9.98. The minimum atomic E-state index is -0.0923. The zero-order chi connectivity index (χ0) is 30.8. The molecule has 0 saturated carbocycles. The maximum atomic E-state index is 13.3. The predicted octanol–water partition coefficient (Wildman–Crippen LogP) is 8.29. The highest BCUT2D eigenvalue weighted by Crippen LogP contribution is 2.29. The average molecular weight is 572 g/mol. The summed E-state index contributed by atoms with van der Waals surface area (Å²) in [6.45, 7) is 11.4. The van der Waals surface area contributed by atoms with Crippen molar-refractivity contribution >= 4 is 22.7 Å². The standard InChI is InChI=1S/C38H41N3O2/c1-24(2)30-11-10-12-31(21-30)26(4)39-37(42)32-19-20-36-35(22-32)25(3)27(5)41(36)23-28-15-17-29(18-16-28)33-13-8-9-14-34(33)38(43)40(6)7/h8-22,24,26H,23H2,1-7H3,(H,39,42)/t26-/m0/s1. The number of rotatable bonds is 8. The molecule has 0 bridgehead atoms. The van der Waals surface area contributed by atoms with E-state index in [0.29, 0.717) is 23.6 Å². The molecule has 0 fully saturated rings. The van der Waals surface area contributed by atoms with E-state index in [-0.39, 0.29) is 17.9 Å². The SMILES string of the molecule is Cc1c(C)n(Cc2ccc(-c3ccccc3C(=O)N(C)C)cc2)c2ccc(C(=O)N[C@@H](C)c3cccc(C(C)C)c3)cc12. The second-order valence-electron chi connectivity index (χ2n) is 12.0. The molecular formula is C38H41N3O2. The molecule has 1 N–H and O–H groups in total. The number of aromatic nitrogens is 1. The van der Waals surface area contributed by atoms with E-state index in [4.69, 9.17) is 0 Å². The van der Waals surface area contributed by atoms with Crippen LogP contribution in [0.15, 0.2) is 91.0 Å². The van der Waals surface area contributed by atoms with E-state index in [0.717, 1.165) is 27.6 Å². The van der Waals surface area contributed by atoms with E-state index < -0.39 is 0 Å². The second kappa shape index (κ2) is 12.3. The van der Waals surface area contributed by atoms with Crippen molar-refractivity contribution in [3.63, 3.8) is 0 Å². The molecule has 4 aromatic carbocycles. The Morgan fingerprint density at radius 3 is 2.21 bits per heavy atom. The fourth-order valence-electron chi connectivity index (χ4n) is 5.68. The molecule has 5 aromatic rings. The summed E-state index contributed by atoms with van der Waals surface area (Å²) >= 11 is 0. The van der Waals surface area contributed by atoms with Crippen molar-refractivity contribution in [3.8, 4) is 11.1 Å². The van der Waals surface area contributed by atoms with Crippen molar-refractivity contribution in [1.29, 1.82) is 0 Å². The molecule has 0 saturated heterocycles. The van der Waals surface area contributed by atoms with Crippen molar-refractivity contribution in [1.82, 2.24) is 14.8 Å². The van der Waals surface area contributed by atoms with Crippen LogP contribution in [0.4, 0.5) is 0 Å². The molecule has 5 nitrogen and oxygen atoms in total. The summed E-state index contributed by atoms with van der Waals surface area (Å²) < 4.78 is 2.31. The second-order valence-corrected chi connectivity index (χ2v) is 12.0. The molecule has 0 aliphatic rings. The molecule has 1 atom stereocenters. The van der Waals surface area contributed by atoms with Gasteiger partial charge in [-0.2, -0.15) is 0 Å². The number of nitrogens with zero attached hydrogens (tertiary/aromatic N) is 2. The van der Waals surface area contributed by atoms with Gasteiger partial charge < -0.3 is 14.8 Å². The Hall–Kier alpha value is -4.64. The van der Waals surface area contributed by atoms with E-state index in [1.807, 2.05) is 43.3 Å². The molecule has 220 valence electrons. The van der Waals surface area contributed by atoms with Crippen molar-refractivity contribution in [2.75, 3.05) is 14.1 Å². The molecule has 1 heterocycles. The summed E-state index contributed by atoms with van der Waals surface area (Å²) in [5.74, 6) is 0.360. The monoisotopic (exact) mass is 571 g/mol. The van der Waals surface area contributed by atoms with Crippen LogP contribution >= 0.6 is 0 Å². The molecule has 0 aliphatic carbocycles. The third kappa shape index (κ3) is 6.12. The number of carbonyl (C=O) groups excluding carboxylic acids is 2. The average Bonchev–Trinajstić information content (AvgIpc) is 3.25. The largest absolute Gasteiger partial charge is 0.346 e. The Morgan fingerprint density at radius 1 is 0.814 bits per heavy atom. The first-order chi connectivity index (χ1) is 20.5. The molecular weight excluding hydrogens is 530 g/mol. The van der Waals surface area contributed by atoms with Gasteiger partial charge in [-0.15, -0.1) is 0 Å². The summed E-state index contributed by atoms with van der Waals surface area (Å²) in [4.78, 5) is 27.6. The lowest BCUT2D eigenvalue weighted by Gasteiger charge is -2.16. The van der Waals surface area contributed by atoms with Crippen LogP contribution in [0.5, 0.6) is 0 Å². The highest BCUT2D eigenvalue weighted by atomic mass is 16.2. The van der Waals surface area contributed by atoms with Gasteiger partial charge in [-0.05, 0) is 84.3 Å². The van der Waals surface area contributed by atoms with Gasteiger partial charge >= 0.3 is 0 Å². The highest BCUT2D eigenvalue weighted by Gasteiger charge is 2.18. The van der Waals surface area contributed by atoms with Crippen molar-refractivity contribution in [2.24, 2.45) is 0 Å². The van der Waals surface area contributed by atoms with E-state index in [9.17, 15) is 9.59 Å². The van der Waals surface area contributed by atoms with Gasteiger partial charge in [0.1, 0.15) is 0 Å². The summed E-state index contributed by atoms with van der Waals surface area (Å²) in [5, 5.41) is 4.28. The van der Waals surface area contributed by atoms with Crippen LogP contribution < -0.4 is 5.32 Å². The van der Waals surface area contributed by atoms with Crippen LogP contribution in [0, 0.1) is 13.8 Å². The first kappa shape index (κ1) is 29.8. The minimum Gasteiger partial charge on any atom is -0.346 e. The molecule has 2 amide bonds. The van der Waals surface area contributed by atoms with Gasteiger partial charge in [-0.25, -0.2) is 0 Å². The van der Waals surface area contributed by atoms with Crippen LogP contribution in [0.2, 0.25) is 0 Å². The summed E-state index contributed by atoms with van der Waals surface area (Å²) in [6, 6.07) is 30.5. The van der Waals surface area contributed by atoms with Gasteiger partial charge in [0, 0.05) is 48.4 Å². The fraction of sp³-hybridized carbons (Fsp3) is 0.263. The quantitative estimate of drug-likeness (QED) is 0.204. The number of carbonyl (C=O) groups is 2. The van der Waals surface area contributed by atoms with E-state index in [1.165, 1.54) is 22.4 Å². The molecule has 5 heteroatoms. The number of fused-ring (bicyclic) bond motifs is 1. The number of nitrogens with one attached hydrogen (secondary N) is 1. The molecule has 0 spiro atoms. The Kier molecular flexibility index (Phi) is 8.54. The number of hydrogen-bond donors (Lipinski definition) is 1. The van der Waals surface area contributed by atoms with Crippen LogP contribution in [0.3, 0.4) is 0 Å². The van der Waals surface area contributed by atoms with Gasteiger partial charge in [0.25, 0.3) is 11.8 Å². The molecule has 0 unspecified atom stereocenters. The van der Waals surface area contributed by atoms with Crippen molar-refractivity contribution < 1.29 is 9.59 Å². The number of benzene rings is 4. The Morgan fingerprint density at radius 2 is 1.51 bits per heavy atom. The number of amides is 2. The first-order valence-corrected chi connectivity index (χ1v) is 14.9. The molecule has 43 heavy (non-hydrogen) atoms. The third-order valence-electron chi connectivity index (χ3n) is 8.50. The zero-order valence-corrected chi connectivity index (χ0v) is 26.2. The summed E-state index contributed by atoms with van der Waals surface area (Å²) in [6.07, 6.45) is 0. The van der Waals surface area contributed by atoms with Crippen LogP contribution in [0.25, 0.3) is 22.0 Å². The zero-order valence-electron chi connectivity index (χ0n) is 26.2. The molecule has 0 radical (unpaired) electrons. The van der Waals surface area contributed by atoms with E-state index >= 15 is 0 Å². The summed E-state index contributed by atoms with van der Waals surface area (Å²) in [5.41, 5.74) is 10.3. The lowest BCUT2D eigenvalue weighted by Crippen LogP contribution is -2.26. The molecule has 0 aliphatic heterocycles. The molecule has 5 rings (SSSR count). The van der Waals surface area contributed by atoms with E-state index in [2.05, 4.69) is 92.2 Å². The van der Waals surface area contributed by atoms with Gasteiger partial charge in [0.05, 0.1) is 6.04 Å². The lowest BCUT2D eigenvalue weighted by molar-refractivity contribution is 0.0828. The Labute approximate surface area is 255 Å². The molecule has 1 aromatic heterocycles. The fourth-order valence-corrected chi connectivity index (χ4v) is 5.68. The Balaban J connectivity index is 1.37. The van der Waals surface area contributed by atoms with Gasteiger partial charge in [-0.3, -0.25) is 9.59 Å². The number of hydrogen-bond acceptors (Lipinski definition) is 2. The maximum Gasteiger partial charge on any atom is 0.253 e. The topological polar surface area (TPSA) is 54.3 Å². The minimum absolute atomic E-state index is 0.00701. The number of aryl methyl sites for hydroxylation is 1. The Bertz CT molecular complexity index is 1790.